The first-order chi connectivity index (χ1) is 12.2. The van der Waals surface area contributed by atoms with E-state index in [4.69, 9.17) is 28.6 Å². The van der Waals surface area contributed by atoms with Gasteiger partial charge in [-0.05, 0) is 36.0 Å². The Morgan fingerprint density at radius 3 is 2.72 bits per heavy atom. The van der Waals surface area contributed by atoms with Gasteiger partial charge >= 0.3 is 0 Å². The highest BCUT2D eigenvalue weighted by atomic mass is 35.5. The number of nitrogens with zero attached hydrogens (tertiary/aromatic N) is 2. The minimum absolute atomic E-state index is 0.460. The molecule has 128 valence electrons. The van der Waals surface area contributed by atoms with Crippen molar-refractivity contribution < 1.29 is 4.74 Å². The van der Waals surface area contributed by atoms with E-state index in [1.165, 1.54) is 0 Å². The molecule has 0 bridgehead atoms. The molecule has 3 aromatic rings. The fraction of sp³-hybridized carbons (Fsp3) is 0.111. The van der Waals surface area contributed by atoms with Crippen molar-refractivity contribution in [3.05, 3.63) is 71.5 Å². The van der Waals surface area contributed by atoms with E-state index in [0.29, 0.717) is 11.7 Å². The highest BCUT2D eigenvalue weighted by Crippen LogP contribution is 2.23. The van der Waals surface area contributed by atoms with E-state index < -0.39 is 0 Å². The molecule has 2 N–H and O–H groups in total. The van der Waals surface area contributed by atoms with Crippen LogP contribution in [0.3, 0.4) is 0 Å². The molecule has 1 heterocycles. The maximum absolute atomic E-state index is 6.18. The quantitative estimate of drug-likeness (QED) is 0.650. The summed E-state index contributed by atoms with van der Waals surface area (Å²) >= 11 is 11.5. The van der Waals surface area contributed by atoms with Crippen LogP contribution >= 0.6 is 23.8 Å². The van der Waals surface area contributed by atoms with Crippen molar-refractivity contribution in [2.24, 2.45) is 0 Å². The van der Waals surface area contributed by atoms with E-state index in [-0.39, 0.29) is 0 Å². The molecule has 0 amide bonds. The molecule has 0 aliphatic heterocycles. The van der Waals surface area contributed by atoms with E-state index in [2.05, 4.69) is 15.7 Å². The Morgan fingerprint density at radius 2 is 1.92 bits per heavy atom. The van der Waals surface area contributed by atoms with Crippen LogP contribution in [0, 0.1) is 0 Å². The average molecular weight is 373 g/mol. The van der Waals surface area contributed by atoms with Crippen molar-refractivity contribution >= 4 is 40.3 Å². The van der Waals surface area contributed by atoms with E-state index >= 15 is 0 Å². The van der Waals surface area contributed by atoms with Crippen LogP contribution in [-0.4, -0.2) is 22.0 Å². The molecule has 0 aliphatic rings. The molecule has 0 unspecified atom stereocenters. The molecule has 0 atom stereocenters. The average Bonchev–Trinajstić information content (AvgIpc) is 3.04. The highest BCUT2D eigenvalue weighted by Gasteiger charge is 2.06. The van der Waals surface area contributed by atoms with Gasteiger partial charge < -0.3 is 15.4 Å². The third-order valence-electron chi connectivity index (χ3n) is 3.54. The van der Waals surface area contributed by atoms with Crippen LogP contribution in [0.15, 0.2) is 60.9 Å². The second kappa shape index (κ2) is 8.00. The second-order valence-corrected chi connectivity index (χ2v) is 6.11. The Balaban J connectivity index is 1.63. The Labute approximate surface area is 156 Å². The maximum atomic E-state index is 6.18. The number of methoxy groups -OCH3 is 1. The molecule has 1 aromatic heterocycles. The fourth-order valence-corrected chi connectivity index (χ4v) is 2.77. The molecule has 0 radical (unpaired) electrons. The number of rotatable bonds is 5. The largest absolute Gasteiger partial charge is 0.495 e. The molecule has 0 aliphatic carbocycles. The minimum Gasteiger partial charge on any atom is -0.495 e. The summed E-state index contributed by atoms with van der Waals surface area (Å²) in [4.78, 5) is 0. The van der Waals surface area contributed by atoms with Crippen LogP contribution in [0.1, 0.15) is 5.56 Å². The molecule has 3 rings (SSSR count). The van der Waals surface area contributed by atoms with Gasteiger partial charge in [0, 0.05) is 11.2 Å². The summed E-state index contributed by atoms with van der Waals surface area (Å²) < 4.78 is 7.10. The van der Waals surface area contributed by atoms with Crippen molar-refractivity contribution in [2.75, 3.05) is 17.7 Å². The van der Waals surface area contributed by atoms with E-state index in [1.54, 1.807) is 18.0 Å². The van der Waals surface area contributed by atoms with Gasteiger partial charge in [-0.2, -0.15) is 5.10 Å². The van der Waals surface area contributed by atoms with Gasteiger partial charge in [0.15, 0.2) is 5.11 Å². The normalized spacial score (nSPS) is 10.3. The van der Waals surface area contributed by atoms with Crippen molar-refractivity contribution in [3.63, 3.8) is 0 Å². The standard InChI is InChI=1S/C18H17ClN4OS/c1-24-17-9-5-4-8-16(17)22-18(25)21-14-10-20-23(12-14)11-13-6-2-3-7-15(13)19/h2-10,12H,11H2,1H3,(H2,21,22,25). The first-order valence-electron chi connectivity index (χ1n) is 7.62. The fourth-order valence-electron chi connectivity index (χ4n) is 2.35. The van der Waals surface area contributed by atoms with Crippen LogP contribution in [-0.2, 0) is 6.54 Å². The van der Waals surface area contributed by atoms with Crippen LogP contribution in [0.2, 0.25) is 5.02 Å². The molecule has 5 nitrogen and oxygen atoms in total. The molecule has 0 saturated carbocycles. The molecule has 0 spiro atoms. The Kier molecular flexibility index (Phi) is 5.53. The van der Waals surface area contributed by atoms with Crippen LogP contribution in [0.25, 0.3) is 0 Å². The smallest absolute Gasteiger partial charge is 0.175 e. The molecule has 2 aromatic carbocycles. The number of anilines is 2. The van der Waals surface area contributed by atoms with Gasteiger partial charge in [0.1, 0.15) is 5.75 Å². The SMILES string of the molecule is COc1ccccc1NC(=S)Nc1cnn(Cc2ccccc2Cl)c1. The number of para-hydroxylation sites is 2. The van der Waals surface area contributed by atoms with Gasteiger partial charge in [-0.25, -0.2) is 0 Å². The van der Waals surface area contributed by atoms with Crippen LogP contribution in [0.4, 0.5) is 11.4 Å². The van der Waals surface area contributed by atoms with Crippen molar-refractivity contribution in [2.45, 2.75) is 6.54 Å². The zero-order valence-electron chi connectivity index (χ0n) is 13.6. The summed E-state index contributed by atoms with van der Waals surface area (Å²) in [7, 11) is 1.62. The van der Waals surface area contributed by atoms with Crippen molar-refractivity contribution in [3.8, 4) is 5.75 Å². The predicted molar refractivity (Wildman–Crippen MR) is 106 cm³/mol. The van der Waals surface area contributed by atoms with Gasteiger partial charge in [0.2, 0.25) is 0 Å². The molecule has 25 heavy (non-hydrogen) atoms. The number of halogens is 1. The van der Waals surface area contributed by atoms with E-state index in [0.717, 1.165) is 27.7 Å². The summed E-state index contributed by atoms with van der Waals surface area (Å²) in [6.07, 6.45) is 3.59. The minimum atomic E-state index is 0.460. The number of hydrogen-bond acceptors (Lipinski definition) is 3. The Bertz CT molecular complexity index is 881. The summed E-state index contributed by atoms with van der Waals surface area (Å²) in [5.41, 5.74) is 2.60. The number of nitrogens with one attached hydrogen (secondary N) is 2. The lowest BCUT2D eigenvalue weighted by molar-refractivity contribution is 0.417. The summed E-state index contributed by atoms with van der Waals surface area (Å²) in [5, 5.41) is 11.7. The van der Waals surface area contributed by atoms with Gasteiger partial charge in [-0.15, -0.1) is 0 Å². The molecule has 0 saturated heterocycles. The third-order valence-corrected chi connectivity index (χ3v) is 4.11. The predicted octanol–water partition coefficient (Wildman–Crippen LogP) is 4.40. The molecule has 0 fully saturated rings. The lowest BCUT2D eigenvalue weighted by Crippen LogP contribution is -2.19. The lowest BCUT2D eigenvalue weighted by Gasteiger charge is -2.12. The van der Waals surface area contributed by atoms with Crippen molar-refractivity contribution in [1.82, 2.24) is 9.78 Å². The van der Waals surface area contributed by atoms with Crippen molar-refractivity contribution in [1.29, 1.82) is 0 Å². The first-order valence-corrected chi connectivity index (χ1v) is 8.41. The number of aromatic nitrogens is 2. The topological polar surface area (TPSA) is 51.1 Å². The van der Waals surface area contributed by atoms with Crippen LogP contribution < -0.4 is 15.4 Å². The summed E-state index contributed by atoms with van der Waals surface area (Å²) in [6, 6.07) is 15.3. The van der Waals surface area contributed by atoms with Crippen LogP contribution in [0.5, 0.6) is 5.75 Å². The monoisotopic (exact) mass is 372 g/mol. The Hall–Kier alpha value is -2.57. The molecular formula is C18H17ClN4OS. The summed E-state index contributed by atoms with van der Waals surface area (Å²) in [6.45, 7) is 0.591. The number of hydrogen-bond donors (Lipinski definition) is 2. The lowest BCUT2D eigenvalue weighted by atomic mass is 10.2. The Morgan fingerprint density at radius 1 is 1.16 bits per heavy atom. The van der Waals surface area contributed by atoms with Gasteiger partial charge in [0.25, 0.3) is 0 Å². The van der Waals surface area contributed by atoms with Gasteiger partial charge in [-0.3, -0.25) is 4.68 Å². The molecule has 7 heteroatoms. The number of benzene rings is 2. The highest BCUT2D eigenvalue weighted by molar-refractivity contribution is 7.80. The van der Waals surface area contributed by atoms with Gasteiger partial charge in [0.05, 0.1) is 31.2 Å². The van der Waals surface area contributed by atoms with E-state index in [9.17, 15) is 0 Å². The number of ether oxygens (including phenoxy) is 1. The number of thiocarbonyl (C=S) groups is 1. The zero-order chi connectivity index (χ0) is 17.6. The first kappa shape index (κ1) is 17.3. The molecular weight excluding hydrogens is 356 g/mol. The zero-order valence-corrected chi connectivity index (χ0v) is 15.1. The third kappa shape index (κ3) is 4.49. The summed E-state index contributed by atoms with van der Waals surface area (Å²) in [5.74, 6) is 0.723. The second-order valence-electron chi connectivity index (χ2n) is 5.30. The van der Waals surface area contributed by atoms with Gasteiger partial charge in [-0.1, -0.05) is 41.9 Å². The maximum Gasteiger partial charge on any atom is 0.175 e. The van der Waals surface area contributed by atoms with E-state index in [1.807, 2.05) is 54.7 Å².